The minimum absolute atomic E-state index is 0.238. The molecule has 0 amide bonds. The molecule has 0 aliphatic carbocycles. The van der Waals surface area contributed by atoms with Crippen LogP contribution in [-0.2, 0) is 9.53 Å². The number of carbonyl (C=O) groups is 1. The summed E-state index contributed by atoms with van der Waals surface area (Å²) in [4.78, 5) is 11.0. The summed E-state index contributed by atoms with van der Waals surface area (Å²) in [5, 5.41) is 0. The van der Waals surface area contributed by atoms with Gasteiger partial charge in [0.15, 0.2) is 0 Å². The van der Waals surface area contributed by atoms with Crippen LogP contribution >= 0.6 is 22.6 Å². The number of esters is 1. The normalized spacial score (nSPS) is 14.1. The van der Waals surface area contributed by atoms with E-state index in [1.165, 1.54) is 11.6 Å². The third kappa shape index (κ3) is 8.95. The number of ether oxygens (including phenoxy) is 1. The Balaban J connectivity index is 3.69. The molecule has 0 unspecified atom stereocenters. The molecule has 92 valence electrons. The van der Waals surface area contributed by atoms with Gasteiger partial charge in [0.2, 0.25) is 0 Å². The molecule has 0 aliphatic rings. The molecule has 0 fully saturated rings. The quantitative estimate of drug-likeness (QED) is 0.395. The third-order valence-corrected chi connectivity index (χ3v) is 3.29. The molecule has 16 heavy (non-hydrogen) atoms. The van der Waals surface area contributed by atoms with Crippen LogP contribution in [0.4, 0.5) is 0 Å². The maximum Gasteiger partial charge on any atom is 0.330 e. The van der Waals surface area contributed by atoms with Gasteiger partial charge in [-0.3, -0.25) is 0 Å². The van der Waals surface area contributed by atoms with Crippen LogP contribution in [0.2, 0.25) is 0 Å². The van der Waals surface area contributed by atoms with Crippen molar-refractivity contribution in [3.05, 3.63) is 21.8 Å². The van der Waals surface area contributed by atoms with Gasteiger partial charge in [-0.05, 0) is 43.1 Å². The van der Waals surface area contributed by atoms with Gasteiger partial charge in [0.25, 0.3) is 0 Å². The van der Waals surface area contributed by atoms with E-state index in [0.717, 1.165) is 19.3 Å². The van der Waals surface area contributed by atoms with Crippen molar-refractivity contribution in [2.24, 2.45) is 5.92 Å². The predicted molar refractivity (Wildman–Crippen MR) is 76.6 cm³/mol. The van der Waals surface area contributed by atoms with Crippen molar-refractivity contribution in [1.82, 2.24) is 0 Å². The molecule has 0 saturated heterocycles. The minimum atomic E-state index is -0.238. The molecule has 0 saturated carbocycles. The van der Waals surface area contributed by atoms with Crippen molar-refractivity contribution >= 4 is 28.6 Å². The third-order valence-electron chi connectivity index (χ3n) is 2.22. The highest BCUT2D eigenvalue weighted by molar-refractivity contribution is 14.1. The highest BCUT2D eigenvalue weighted by atomic mass is 127. The summed E-state index contributed by atoms with van der Waals surface area (Å²) in [7, 11) is 0. The summed E-state index contributed by atoms with van der Waals surface area (Å²) in [5.41, 5.74) is 1.42. The van der Waals surface area contributed by atoms with E-state index in [0.29, 0.717) is 12.5 Å². The van der Waals surface area contributed by atoms with Crippen LogP contribution in [0.15, 0.2) is 21.8 Å². The Morgan fingerprint density at radius 3 is 2.75 bits per heavy atom. The second-order valence-electron chi connectivity index (χ2n) is 4.00. The molecule has 0 bridgehead atoms. The van der Waals surface area contributed by atoms with Crippen molar-refractivity contribution in [2.45, 2.75) is 40.0 Å². The SMILES string of the molecule is CCOC(=O)/C=C/CC[C@@H](C)C/C(C)=C/I. The second kappa shape index (κ2) is 9.87. The fourth-order valence-corrected chi connectivity index (χ4v) is 1.70. The van der Waals surface area contributed by atoms with Gasteiger partial charge >= 0.3 is 5.97 Å². The standard InChI is InChI=1S/C13H21IO2/c1-4-16-13(15)8-6-5-7-11(2)9-12(3)10-14/h6,8,10-11H,4-5,7,9H2,1-3H3/b8-6+,12-10+/t11-/m1/s1. The number of rotatable bonds is 7. The molecular formula is C13H21IO2. The lowest BCUT2D eigenvalue weighted by atomic mass is 9.98. The summed E-state index contributed by atoms with van der Waals surface area (Å²) in [6.07, 6.45) is 6.61. The van der Waals surface area contributed by atoms with E-state index >= 15 is 0 Å². The molecule has 1 atom stereocenters. The topological polar surface area (TPSA) is 26.3 Å². The van der Waals surface area contributed by atoms with Gasteiger partial charge in [0, 0.05) is 6.08 Å². The van der Waals surface area contributed by atoms with Gasteiger partial charge in [-0.15, -0.1) is 0 Å². The molecule has 0 spiro atoms. The smallest absolute Gasteiger partial charge is 0.330 e. The largest absolute Gasteiger partial charge is 0.463 e. The van der Waals surface area contributed by atoms with Gasteiger partial charge in [0.1, 0.15) is 0 Å². The molecule has 0 aromatic rings. The maximum atomic E-state index is 11.0. The van der Waals surface area contributed by atoms with E-state index in [-0.39, 0.29) is 5.97 Å². The summed E-state index contributed by atoms with van der Waals surface area (Å²) in [6.45, 7) is 6.64. The number of allylic oxidation sites excluding steroid dienone is 2. The van der Waals surface area contributed by atoms with E-state index in [4.69, 9.17) is 4.74 Å². The fourth-order valence-electron chi connectivity index (χ4n) is 1.45. The molecule has 0 heterocycles. The Bertz CT molecular complexity index is 257. The van der Waals surface area contributed by atoms with Crippen molar-refractivity contribution in [1.29, 1.82) is 0 Å². The second-order valence-corrected chi connectivity index (χ2v) is 4.62. The lowest BCUT2D eigenvalue weighted by Gasteiger charge is -2.09. The van der Waals surface area contributed by atoms with Crippen LogP contribution in [0.25, 0.3) is 0 Å². The molecule has 0 aromatic heterocycles. The van der Waals surface area contributed by atoms with Crippen molar-refractivity contribution in [2.75, 3.05) is 6.61 Å². The highest BCUT2D eigenvalue weighted by Gasteiger charge is 2.01. The molecule has 0 aliphatic heterocycles. The lowest BCUT2D eigenvalue weighted by molar-refractivity contribution is -0.137. The Morgan fingerprint density at radius 2 is 2.19 bits per heavy atom. The summed E-state index contributed by atoms with van der Waals surface area (Å²) >= 11 is 2.27. The molecule has 0 radical (unpaired) electrons. The highest BCUT2D eigenvalue weighted by Crippen LogP contribution is 2.17. The molecular weight excluding hydrogens is 315 g/mol. The van der Waals surface area contributed by atoms with E-state index in [1.807, 2.05) is 13.0 Å². The Hall–Kier alpha value is -0.320. The lowest BCUT2D eigenvalue weighted by Crippen LogP contribution is -1.99. The monoisotopic (exact) mass is 336 g/mol. The van der Waals surface area contributed by atoms with E-state index in [1.54, 1.807) is 0 Å². The van der Waals surface area contributed by atoms with Crippen LogP contribution in [0.3, 0.4) is 0 Å². The number of halogens is 1. The van der Waals surface area contributed by atoms with Crippen molar-refractivity contribution in [3.8, 4) is 0 Å². The first-order chi connectivity index (χ1) is 7.60. The Labute approximate surface area is 112 Å². The Morgan fingerprint density at radius 1 is 1.50 bits per heavy atom. The molecule has 2 nitrogen and oxygen atoms in total. The fraction of sp³-hybridized carbons (Fsp3) is 0.615. The van der Waals surface area contributed by atoms with Crippen molar-refractivity contribution in [3.63, 3.8) is 0 Å². The molecule has 0 rings (SSSR count). The zero-order valence-corrected chi connectivity index (χ0v) is 12.5. The van der Waals surface area contributed by atoms with Crippen LogP contribution in [0, 0.1) is 5.92 Å². The molecule has 3 heteroatoms. The van der Waals surface area contributed by atoms with Gasteiger partial charge in [-0.1, -0.05) is 41.2 Å². The van der Waals surface area contributed by atoms with Gasteiger partial charge in [0.05, 0.1) is 6.61 Å². The summed E-state index contributed by atoms with van der Waals surface area (Å²) in [6, 6.07) is 0. The van der Waals surface area contributed by atoms with Crippen LogP contribution in [0.5, 0.6) is 0 Å². The average molecular weight is 336 g/mol. The first-order valence-electron chi connectivity index (χ1n) is 5.69. The van der Waals surface area contributed by atoms with E-state index in [2.05, 4.69) is 40.5 Å². The van der Waals surface area contributed by atoms with Crippen LogP contribution in [-0.4, -0.2) is 12.6 Å². The van der Waals surface area contributed by atoms with Crippen molar-refractivity contribution < 1.29 is 9.53 Å². The molecule has 0 aromatic carbocycles. The minimum Gasteiger partial charge on any atom is -0.463 e. The summed E-state index contributed by atoms with van der Waals surface area (Å²) < 4.78 is 6.92. The van der Waals surface area contributed by atoms with E-state index < -0.39 is 0 Å². The number of carbonyl (C=O) groups excluding carboxylic acids is 1. The van der Waals surface area contributed by atoms with Gasteiger partial charge in [-0.25, -0.2) is 4.79 Å². The van der Waals surface area contributed by atoms with E-state index in [9.17, 15) is 4.79 Å². The first-order valence-corrected chi connectivity index (χ1v) is 6.93. The maximum absolute atomic E-state index is 11.0. The Kier molecular flexibility index (Phi) is 9.68. The number of hydrogen-bond acceptors (Lipinski definition) is 2. The zero-order valence-electron chi connectivity index (χ0n) is 10.3. The van der Waals surface area contributed by atoms with Crippen LogP contribution in [0.1, 0.15) is 40.0 Å². The number of hydrogen-bond donors (Lipinski definition) is 0. The van der Waals surface area contributed by atoms with Crippen LogP contribution < -0.4 is 0 Å². The first kappa shape index (κ1) is 15.7. The van der Waals surface area contributed by atoms with Gasteiger partial charge < -0.3 is 4.74 Å². The predicted octanol–water partition coefficient (Wildman–Crippen LogP) is 4.25. The van der Waals surface area contributed by atoms with Gasteiger partial charge in [-0.2, -0.15) is 0 Å². The molecule has 0 N–H and O–H groups in total. The average Bonchev–Trinajstić information content (AvgIpc) is 2.24. The zero-order chi connectivity index (χ0) is 12.4. The summed E-state index contributed by atoms with van der Waals surface area (Å²) in [5.74, 6) is 0.427.